The highest BCUT2D eigenvalue weighted by Crippen LogP contribution is 2.27. The van der Waals surface area contributed by atoms with Crippen LogP contribution in [0.5, 0.6) is 11.5 Å². The Bertz CT molecular complexity index is 857. The van der Waals surface area contributed by atoms with E-state index < -0.39 is 24.3 Å². The van der Waals surface area contributed by atoms with Crippen LogP contribution in [0, 0.1) is 0 Å². The average molecular weight is 392 g/mol. The van der Waals surface area contributed by atoms with E-state index in [9.17, 15) is 14.4 Å². The van der Waals surface area contributed by atoms with Gasteiger partial charge in [0.25, 0.3) is 0 Å². The number of benzene rings is 2. The van der Waals surface area contributed by atoms with E-state index >= 15 is 0 Å². The summed E-state index contributed by atoms with van der Waals surface area (Å²) in [6.45, 7) is -0.403. The van der Waals surface area contributed by atoms with Gasteiger partial charge in [-0.05, 0) is 30.3 Å². The lowest BCUT2D eigenvalue weighted by molar-refractivity contribution is -0.136. The molecule has 3 N–H and O–H groups in total. The van der Waals surface area contributed by atoms with Gasteiger partial charge in [0.2, 0.25) is 5.91 Å². The van der Waals surface area contributed by atoms with Crippen LogP contribution in [0.2, 0.25) is 5.02 Å². The van der Waals surface area contributed by atoms with Crippen molar-refractivity contribution in [2.75, 3.05) is 31.4 Å². The first-order valence-electron chi connectivity index (χ1n) is 7.79. The Balaban J connectivity index is 1.88. The minimum atomic E-state index is -0.953. The van der Waals surface area contributed by atoms with E-state index in [2.05, 4.69) is 16.0 Å². The fraction of sp³-hybridized carbons (Fsp3) is 0.167. The molecular weight excluding hydrogens is 374 g/mol. The molecule has 0 spiro atoms. The van der Waals surface area contributed by atoms with Crippen LogP contribution in [0.15, 0.2) is 42.5 Å². The molecule has 142 valence electrons. The van der Waals surface area contributed by atoms with Crippen LogP contribution in [0.4, 0.5) is 11.4 Å². The van der Waals surface area contributed by atoms with E-state index in [1.54, 1.807) is 36.4 Å². The van der Waals surface area contributed by atoms with Crippen LogP contribution in [-0.4, -0.2) is 38.5 Å². The van der Waals surface area contributed by atoms with Gasteiger partial charge < -0.3 is 25.4 Å². The lowest BCUT2D eigenvalue weighted by atomic mass is 10.3. The second-order valence-electron chi connectivity index (χ2n) is 5.26. The third-order valence-electron chi connectivity index (χ3n) is 3.38. The lowest BCUT2D eigenvalue weighted by Crippen LogP contribution is -2.39. The number of hydrogen-bond donors (Lipinski definition) is 3. The number of halogens is 1. The average Bonchev–Trinajstić information content (AvgIpc) is 2.66. The number of carbonyl (C=O) groups is 3. The van der Waals surface area contributed by atoms with Gasteiger partial charge >= 0.3 is 11.8 Å². The van der Waals surface area contributed by atoms with Gasteiger partial charge in [0.05, 0.1) is 26.5 Å². The van der Waals surface area contributed by atoms with E-state index in [0.717, 1.165) is 0 Å². The van der Waals surface area contributed by atoms with E-state index in [0.29, 0.717) is 27.9 Å². The smallest absolute Gasteiger partial charge is 0.313 e. The number of nitrogens with one attached hydrogen (secondary N) is 3. The SMILES string of the molecule is COc1cccc(NC(=O)C(=O)NCC(=O)Nc2cc(Cl)ccc2OC)c1. The number of rotatable bonds is 6. The van der Waals surface area contributed by atoms with Gasteiger partial charge in [0.15, 0.2) is 0 Å². The third-order valence-corrected chi connectivity index (χ3v) is 3.61. The summed E-state index contributed by atoms with van der Waals surface area (Å²) < 4.78 is 10.2. The van der Waals surface area contributed by atoms with E-state index in [4.69, 9.17) is 21.1 Å². The highest BCUT2D eigenvalue weighted by Gasteiger charge is 2.16. The monoisotopic (exact) mass is 391 g/mol. The predicted octanol–water partition coefficient (Wildman–Crippen LogP) is 2.05. The fourth-order valence-electron chi connectivity index (χ4n) is 2.10. The first kappa shape index (κ1) is 20.1. The molecule has 2 aromatic rings. The van der Waals surface area contributed by atoms with Crippen LogP contribution in [-0.2, 0) is 14.4 Å². The number of anilines is 2. The van der Waals surface area contributed by atoms with Gasteiger partial charge in [0.1, 0.15) is 11.5 Å². The summed E-state index contributed by atoms with van der Waals surface area (Å²) in [5.74, 6) is -1.46. The number of hydrogen-bond acceptors (Lipinski definition) is 5. The first-order chi connectivity index (χ1) is 12.9. The highest BCUT2D eigenvalue weighted by atomic mass is 35.5. The molecule has 8 nitrogen and oxygen atoms in total. The number of methoxy groups -OCH3 is 2. The topological polar surface area (TPSA) is 106 Å². The van der Waals surface area contributed by atoms with Crippen LogP contribution in [0.1, 0.15) is 0 Å². The Morgan fingerprint density at radius 2 is 1.74 bits per heavy atom. The van der Waals surface area contributed by atoms with Crippen LogP contribution >= 0.6 is 11.6 Å². The summed E-state index contributed by atoms with van der Waals surface area (Å²) in [5, 5.41) is 7.61. The fourth-order valence-corrected chi connectivity index (χ4v) is 2.27. The molecule has 0 saturated carbocycles. The predicted molar refractivity (Wildman–Crippen MR) is 101 cm³/mol. The quantitative estimate of drug-likeness (QED) is 0.653. The minimum Gasteiger partial charge on any atom is -0.497 e. The standard InChI is InChI=1S/C18H18ClN3O5/c1-26-13-5-3-4-12(9-13)21-18(25)17(24)20-10-16(23)22-14-8-11(19)6-7-15(14)27-2/h3-9H,10H2,1-2H3,(H,20,24)(H,21,25)(H,22,23). The van der Waals surface area contributed by atoms with Gasteiger partial charge in [-0.3, -0.25) is 14.4 Å². The molecule has 3 amide bonds. The number of carbonyl (C=O) groups excluding carboxylic acids is 3. The number of ether oxygens (including phenoxy) is 2. The second-order valence-corrected chi connectivity index (χ2v) is 5.70. The van der Waals surface area contributed by atoms with Gasteiger partial charge in [-0.25, -0.2) is 0 Å². The van der Waals surface area contributed by atoms with Crippen molar-refractivity contribution in [3.8, 4) is 11.5 Å². The molecule has 0 radical (unpaired) electrons. The molecule has 0 aliphatic heterocycles. The summed E-state index contributed by atoms with van der Waals surface area (Å²) in [5.41, 5.74) is 0.743. The van der Waals surface area contributed by atoms with Crippen molar-refractivity contribution >= 4 is 40.7 Å². The summed E-state index contributed by atoms with van der Waals surface area (Å²) in [4.78, 5) is 35.7. The van der Waals surface area contributed by atoms with Gasteiger partial charge in [-0.2, -0.15) is 0 Å². The normalized spacial score (nSPS) is 9.89. The Kier molecular flexibility index (Phi) is 7.01. The van der Waals surface area contributed by atoms with Crippen LogP contribution in [0.25, 0.3) is 0 Å². The van der Waals surface area contributed by atoms with Gasteiger partial charge in [-0.15, -0.1) is 0 Å². The molecule has 0 unspecified atom stereocenters. The lowest BCUT2D eigenvalue weighted by Gasteiger charge is -2.11. The molecule has 2 rings (SSSR count). The molecule has 0 bridgehead atoms. The van der Waals surface area contributed by atoms with Crippen LogP contribution in [0.3, 0.4) is 0 Å². The van der Waals surface area contributed by atoms with Crippen molar-refractivity contribution in [2.24, 2.45) is 0 Å². The molecule has 27 heavy (non-hydrogen) atoms. The molecule has 0 fully saturated rings. The van der Waals surface area contributed by atoms with E-state index in [1.165, 1.54) is 20.3 Å². The maximum absolute atomic E-state index is 12.0. The van der Waals surface area contributed by atoms with Crippen molar-refractivity contribution in [1.29, 1.82) is 0 Å². The first-order valence-corrected chi connectivity index (χ1v) is 8.17. The Morgan fingerprint density at radius 1 is 0.963 bits per heavy atom. The second kappa shape index (κ2) is 9.44. The Morgan fingerprint density at radius 3 is 2.44 bits per heavy atom. The summed E-state index contributed by atoms with van der Waals surface area (Å²) >= 11 is 5.89. The zero-order valence-corrected chi connectivity index (χ0v) is 15.4. The van der Waals surface area contributed by atoms with Crippen molar-refractivity contribution in [2.45, 2.75) is 0 Å². The molecule has 2 aromatic carbocycles. The number of amides is 3. The van der Waals surface area contributed by atoms with Crippen LogP contribution < -0.4 is 25.4 Å². The molecule has 0 aliphatic rings. The van der Waals surface area contributed by atoms with Crippen molar-refractivity contribution < 1.29 is 23.9 Å². The molecule has 0 atom stereocenters. The summed E-state index contributed by atoms with van der Waals surface area (Å²) in [6.07, 6.45) is 0. The minimum absolute atomic E-state index is 0.352. The maximum Gasteiger partial charge on any atom is 0.313 e. The van der Waals surface area contributed by atoms with E-state index in [1.807, 2.05) is 0 Å². The van der Waals surface area contributed by atoms with Gasteiger partial charge in [0, 0.05) is 16.8 Å². The molecular formula is C18H18ClN3O5. The summed E-state index contributed by atoms with van der Waals surface area (Å²) in [6, 6.07) is 11.2. The van der Waals surface area contributed by atoms with Crippen molar-refractivity contribution in [1.82, 2.24) is 5.32 Å². The molecule has 0 aliphatic carbocycles. The van der Waals surface area contributed by atoms with Crippen molar-refractivity contribution in [3.05, 3.63) is 47.5 Å². The molecule has 0 aromatic heterocycles. The maximum atomic E-state index is 12.0. The Labute approximate surface area is 160 Å². The third kappa shape index (κ3) is 5.89. The van der Waals surface area contributed by atoms with Gasteiger partial charge in [-0.1, -0.05) is 17.7 Å². The molecule has 0 heterocycles. The van der Waals surface area contributed by atoms with E-state index in [-0.39, 0.29) is 0 Å². The largest absolute Gasteiger partial charge is 0.497 e. The summed E-state index contributed by atoms with van der Waals surface area (Å²) in [7, 11) is 2.94. The molecule has 9 heteroatoms. The van der Waals surface area contributed by atoms with Crippen molar-refractivity contribution in [3.63, 3.8) is 0 Å². The zero-order chi connectivity index (χ0) is 19.8. The zero-order valence-electron chi connectivity index (χ0n) is 14.7. The highest BCUT2D eigenvalue weighted by molar-refractivity contribution is 6.40. The Hall–Kier alpha value is -3.26. The molecule has 0 saturated heterocycles.